The second-order valence-corrected chi connectivity index (χ2v) is 16.5. The van der Waals surface area contributed by atoms with Crippen molar-refractivity contribution in [2.24, 2.45) is 0 Å². The van der Waals surface area contributed by atoms with Crippen LogP contribution in [0, 0.1) is 0 Å². The highest BCUT2D eigenvalue weighted by atomic mass is 79.9. The predicted molar refractivity (Wildman–Crippen MR) is 243 cm³/mol. The molecule has 0 amide bonds. The van der Waals surface area contributed by atoms with E-state index in [9.17, 15) is 0 Å². The molecular weight excluding hydrogens is 712 g/mol. The molecule has 0 N–H and O–H groups in total. The summed E-state index contributed by atoms with van der Waals surface area (Å²) in [6, 6.07) is 0. The lowest BCUT2D eigenvalue weighted by Gasteiger charge is -2.21. The van der Waals surface area contributed by atoms with E-state index in [1.54, 1.807) is 0 Å². The van der Waals surface area contributed by atoms with Crippen LogP contribution in [0.4, 0.5) is 0 Å². The lowest BCUT2D eigenvalue weighted by atomic mass is 10.0. The molecule has 1 aromatic heterocycles. The van der Waals surface area contributed by atoms with Gasteiger partial charge in [0.1, 0.15) is 0 Å². The van der Waals surface area contributed by atoms with Crippen LogP contribution in [0.2, 0.25) is 0 Å². The zero-order chi connectivity index (χ0) is 37.3. The molecule has 0 aliphatic carbocycles. The Labute approximate surface area is 344 Å². The first-order chi connectivity index (χ1) is 25.8. The summed E-state index contributed by atoms with van der Waals surface area (Å²) in [6.07, 6.45) is 62.1. The minimum Gasteiger partial charge on any atom is -0.359 e. The van der Waals surface area contributed by atoms with Gasteiger partial charge in [-0.15, -0.1) is 17.0 Å². The van der Waals surface area contributed by atoms with Gasteiger partial charge >= 0.3 is 0 Å². The van der Waals surface area contributed by atoms with Crippen molar-refractivity contribution < 1.29 is 0 Å². The van der Waals surface area contributed by atoms with E-state index in [2.05, 4.69) is 58.7 Å². The van der Waals surface area contributed by atoms with Gasteiger partial charge in [-0.05, 0) is 19.3 Å². The van der Waals surface area contributed by atoms with Gasteiger partial charge in [0.05, 0.1) is 13.0 Å². The predicted octanol–water partition coefficient (Wildman–Crippen LogP) is 16.6. The average Bonchev–Trinajstić information content (AvgIpc) is 3.86. The van der Waals surface area contributed by atoms with Crippen LogP contribution in [0.25, 0.3) is 0 Å². The molecule has 0 unspecified atom stereocenters. The molecule has 1 aliphatic heterocycles. The van der Waals surface area contributed by atoms with Gasteiger partial charge in [-0.3, -0.25) is 0 Å². The second kappa shape index (κ2) is 43.8. The Balaban J connectivity index is 0.00000115. The number of aromatic nitrogens is 2. The smallest absolute Gasteiger partial charge is 0.0945 e. The molecule has 5 heteroatoms. The van der Waals surface area contributed by atoms with Crippen LogP contribution in [-0.4, -0.2) is 39.1 Å². The number of rotatable bonds is 39. The molecule has 0 spiro atoms. The molecule has 0 aromatic carbocycles. The van der Waals surface area contributed by atoms with E-state index in [1.807, 2.05) is 12.5 Å². The highest BCUT2D eigenvalue weighted by Crippen LogP contribution is 2.16. The zero-order valence-electron chi connectivity index (χ0n) is 36.4. The minimum atomic E-state index is 0. The summed E-state index contributed by atoms with van der Waals surface area (Å²) in [6.45, 7) is 11.7. The van der Waals surface area contributed by atoms with Crippen molar-refractivity contribution >= 4 is 17.0 Å². The number of unbranched alkanes of at least 4 members (excludes halogenated alkanes) is 33. The van der Waals surface area contributed by atoms with Crippen LogP contribution in [0.3, 0.4) is 0 Å². The van der Waals surface area contributed by atoms with Crippen molar-refractivity contribution in [3.8, 4) is 0 Å². The lowest BCUT2D eigenvalue weighted by molar-refractivity contribution is 0.257. The number of hydrogen-bond donors (Lipinski definition) is 0. The number of nitrogens with zero attached hydrogens (tertiary/aromatic N) is 4. The maximum absolute atomic E-state index is 4.06. The maximum Gasteiger partial charge on any atom is 0.0945 e. The first-order valence-corrected chi connectivity index (χ1v) is 23.9. The monoisotopic (exact) mass is 807 g/mol. The van der Waals surface area contributed by atoms with Gasteiger partial charge in [0.15, 0.2) is 0 Å². The largest absolute Gasteiger partial charge is 0.359 e. The van der Waals surface area contributed by atoms with Crippen LogP contribution >= 0.6 is 17.0 Å². The summed E-state index contributed by atoms with van der Waals surface area (Å²) in [7, 11) is 0. The highest BCUT2D eigenvalue weighted by Gasteiger charge is 2.11. The topological polar surface area (TPSA) is 24.3 Å². The molecule has 2 rings (SSSR count). The maximum atomic E-state index is 4.06. The molecule has 0 radical (unpaired) electrons. The van der Waals surface area contributed by atoms with Crippen LogP contribution in [0.1, 0.15) is 252 Å². The summed E-state index contributed by atoms with van der Waals surface area (Å²) < 4.78 is 2.18. The number of imidazole rings is 1. The van der Waals surface area contributed by atoms with Gasteiger partial charge in [-0.2, -0.15) is 0 Å². The fraction of sp³-hybridized carbons (Fsp3) is 0.896. The van der Waals surface area contributed by atoms with E-state index in [1.165, 1.54) is 244 Å². The Bertz CT molecular complexity index is 812. The zero-order valence-corrected chi connectivity index (χ0v) is 38.1. The normalized spacial score (nSPS) is 12.4. The Hall–Kier alpha value is -0.970. The van der Waals surface area contributed by atoms with Crippen molar-refractivity contribution in [3.63, 3.8) is 0 Å². The van der Waals surface area contributed by atoms with Gasteiger partial charge in [-0.25, -0.2) is 4.98 Å². The molecule has 1 aliphatic rings. The Kier molecular flexibility index (Phi) is 43.0. The molecule has 0 saturated carbocycles. The quantitative estimate of drug-likeness (QED) is 0.0619. The fourth-order valence-corrected chi connectivity index (χ4v) is 7.67. The Morgan fingerprint density at radius 3 is 0.887 bits per heavy atom. The van der Waals surface area contributed by atoms with Crippen molar-refractivity contribution in [1.29, 1.82) is 0 Å². The van der Waals surface area contributed by atoms with E-state index < -0.39 is 0 Å². The third-order valence-corrected chi connectivity index (χ3v) is 11.3. The second-order valence-electron chi connectivity index (χ2n) is 16.5. The standard InChI is InChI=1S/C31H62N2.C17H32N2.BrH/c1-3-5-7-9-11-13-15-16-17-18-20-22-24-26-28-33-30-29-32(31-33)27-25-23-21-19-14-12-10-8-6-4-2;1-2-3-4-5-6-7-8-9-10-11-12-13-15-19-16-14-18-17-19;/h29-30H,3-28,31H2,1-2H3;14,16-17H,2-13,15H2,1H3;1H. The number of halogens is 1. The van der Waals surface area contributed by atoms with Gasteiger partial charge in [-0.1, -0.05) is 233 Å². The summed E-state index contributed by atoms with van der Waals surface area (Å²) in [5.41, 5.74) is 0. The van der Waals surface area contributed by atoms with Gasteiger partial charge < -0.3 is 14.4 Å². The first kappa shape index (κ1) is 52.0. The molecular formula is C48H95BrN4. The van der Waals surface area contributed by atoms with Crippen LogP contribution in [0.5, 0.6) is 0 Å². The van der Waals surface area contributed by atoms with Crippen molar-refractivity contribution in [3.05, 3.63) is 31.1 Å². The summed E-state index contributed by atoms with van der Waals surface area (Å²) in [4.78, 5) is 9.11. The van der Waals surface area contributed by atoms with Gasteiger partial charge in [0.2, 0.25) is 0 Å². The Morgan fingerprint density at radius 2 is 0.623 bits per heavy atom. The highest BCUT2D eigenvalue weighted by molar-refractivity contribution is 8.93. The van der Waals surface area contributed by atoms with Crippen molar-refractivity contribution in [2.45, 2.75) is 258 Å². The summed E-state index contributed by atoms with van der Waals surface area (Å²) >= 11 is 0. The molecule has 4 nitrogen and oxygen atoms in total. The molecule has 53 heavy (non-hydrogen) atoms. The van der Waals surface area contributed by atoms with E-state index in [-0.39, 0.29) is 17.0 Å². The Morgan fingerprint density at radius 1 is 0.358 bits per heavy atom. The molecule has 314 valence electrons. The van der Waals surface area contributed by atoms with E-state index in [0.717, 1.165) is 13.2 Å². The third-order valence-electron chi connectivity index (χ3n) is 11.3. The summed E-state index contributed by atoms with van der Waals surface area (Å²) in [5.74, 6) is 0. The minimum absolute atomic E-state index is 0. The molecule has 0 saturated heterocycles. The molecule has 0 bridgehead atoms. The summed E-state index contributed by atoms with van der Waals surface area (Å²) in [5, 5.41) is 0. The molecule has 2 heterocycles. The lowest BCUT2D eigenvalue weighted by Crippen LogP contribution is -2.26. The number of aryl methyl sites for hydroxylation is 1. The van der Waals surface area contributed by atoms with Crippen LogP contribution in [0.15, 0.2) is 31.1 Å². The first-order valence-electron chi connectivity index (χ1n) is 23.9. The fourth-order valence-electron chi connectivity index (χ4n) is 7.67. The molecule has 1 aromatic rings. The number of hydrogen-bond acceptors (Lipinski definition) is 3. The van der Waals surface area contributed by atoms with Crippen molar-refractivity contribution in [2.75, 3.05) is 19.8 Å². The van der Waals surface area contributed by atoms with E-state index in [4.69, 9.17) is 0 Å². The third kappa shape index (κ3) is 37.7. The average molecular weight is 808 g/mol. The van der Waals surface area contributed by atoms with Crippen LogP contribution in [-0.2, 0) is 6.54 Å². The van der Waals surface area contributed by atoms with E-state index >= 15 is 0 Å². The van der Waals surface area contributed by atoms with Crippen molar-refractivity contribution in [1.82, 2.24) is 19.4 Å². The van der Waals surface area contributed by atoms with Gasteiger partial charge in [0.25, 0.3) is 0 Å². The van der Waals surface area contributed by atoms with E-state index in [0.29, 0.717) is 0 Å². The molecule has 0 fully saturated rings. The van der Waals surface area contributed by atoms with Gasteiger partial charge in [0, 0.05) is 44.4 Å². The SMILES string of the molecule is Br.CCCCCCCCCCCCCCCCN1C=CN(CCCCCCCCCCCC)C1.CCCCCCCCCCCCCCn1ccnc1. The molecule has 0 atom stereocenters. The van der Waals surface area contributed by atoms with Crippen LogP contribution < -0.4 is 0 Å².